The molecule has 1 aliphatic carbocycles. The summed E-state index contributed by atoms with van der Waals surface area (Å²) >= 11 is 0. The summed E-state index contributed by atoms with van der Waals surface area (Å²) in [5.74, 6) is 0.116. The number of hydrogen-bond acceptors (Lipinski definition) is 3. The number of hydrogen-bond donors (Lipinski definition) is 2. The van der Waals surface area contributed by atoms with Crippen LogP contribution in [0.4, 0.5) is 0 Å². The molecule has 1 aliphatic rings. The zero-order chi connectivity index (χ0) is 14.3. The Morgan fingerprint density at radius 1 is 1.40 bits per heavy atom. The molecule has 1 amide bonds. The van der Waals surface area contributed by atoms with Gasteiger partial charge in [-0.25, -0.2) is 4.79 Å². The molecule has 3 rings (SSSR count). The number of fused-ring (bicyclic) bond motifs is 1. The minimum Gasteiger partial charge on any atom is -0.408 e. The first kappa shape index (κ1) is 13.0. The predicted molar refractivity (Wildman–Crippen MR) is 75.3 cm³/mol. The van der Waals surface area contributed by atoms with Gasteiger partial charge in [-0.05, 0) is 36.5 Å². The second kappa shape index (κ2) is 4.81. The van der Waals surface area contributed by atoms with Crippen LogP contribution in [0.1, 0.15) is 38.3 Å². The molecule has 0 bridgehead atoms. The van der Waals surface area contributed by atoms with Crippen LogP contribution in [-0.4, -0.2) is 10.9 Å². The molecular formula is C15H18N2O3. The summed E-state index contributed by atoms with van der Waals surface area (Å²) in [6.07, 6.45) is 1.98. The average molecular weight is 274 g/mol. The van der Waals surface area contributed by atoms with Crippen LogP contribution in [0.3, 0.4) is 0 Å². The van der Waals surface area contributed by atoms with E-state index in [-0.39, 0.29) is 23.8 Å². The fraction of sp³-hybridized carbons (Fsp3) is 0.467. The van der Waals surface area contributed by atoms with Gasteiger partial charge in [0.05, 0.1) is 11.6 Å². The standard InChI is InChI=1S/C15H18N2O3/c1-8(2)13(17-14(18)9-3-4-9)10-5-6-11-12(7-10)20-15(19)16-11/h5-9,13H,3-4H2,1-2H3,(H,16,19)(H,17,18). The number of amides is 1. The number of benzene rings is 1. The molecule has 0 aliphatic heterocycles. The van der Waals surface area contributed by atoms with Gasteiger partial charge in [0.1, 0.15) is 0 Å². The molecule has 1 atom stereocenters. The van der Waals surface area contributed by atoms with E-state index in [2.05, 4.69) is 24.1 Å². The summed E-state index contributed by atoms with van der Waals surface area (Å²) in [5.41, 5.74) is 2.16. The second-order valence-corrected chi connectivity index (χ2v) is 5.77. The fourth-order valence-corrected chi connectivity index (χ4v) is 2.41. The summed E-state index contributed by atoms with van der Waals surface area (Å²) in [7, 11) is 0. The number of H-pyrrole nitrogens is 1. The van der Waals surface area contributed by atoms with Gasteiger partial charge in [-0.3, -0.25) is 9.78 Å². The number of carbonyl (C=O) groups excluding carboxylic acids is 1. The first-order valence-corrected chi connectivity index (χ1v) is 6.98. The molecule has 5 nitrogen and oxygen atoms in total. The minimum absolute atomic E-state index is 0.0623. The Morgan fingerprint density at radius 2 is 2.15 bits per heavy atom. The van der Waals surface area contributed by atoms with E-state index >= 15 is 0 Å². The van der Waals surface area contributed by atoms with Gasteiger partial charge >= 0.3 is 5.76 Å². The summed E-state index contributed by atoms with van der Waals surface area (Å²) in [6.45, 7) is 4.13. The molecule has 0 radical (unpaired) electrons. The largest absolute Gasteiger partial charge is 0.417 e. The Labute approximate surface area is 116 Å². The molecular weight excluding hydrogens is 256 g/mol. The third-order valence-electron chi connectivity index (χ3n) is 3.72. The summed E-state index contributed by atoms with van der Waals surface area (Å²) in [4.78, 5) is 25.8. The quantitative estimate of drug-likeness (QED) is 0.898. The molecule has 106 valence electrons. The molecule has 1 aromatic carbocycles. The van der Waals surface area contributed by atoms with Crippen LogP contribution in [-0.2, 0) is 4.79 Å². The van der Waals surface area contributed by atoms with E-state index in [1.807, 2.05) is 18.2 Å². The van der Waals surface area contributed by atoms with Crippen molar-refractivity contribution in [3.05, 3.63) is 34.3 Å². The van der Waals surface area contributed by atoms with Crippen molar-refractivity contribution in [1.82, 2.24) is 10.3 Å². The van der Waals surface area contributed by atoms with Crippen molar-refractivity contribution in [2.24, 2.45) is 11.8 Å². The maximum Gasteiger partial charge on any atom is 0.417 e. The number of nitrogens with one attached hydrogen (secondary N) is 2. The van der Waals surface area contributed by atoms with Crippen LogP contribution in [0.25, 0.3) is 11.1 Å². The topological polar surface area (TPSA) is 75.1 Å². The highest BCUT2D eigenvalue weighted by atomic mass is 16.4. The normalized spacial score (nSPS) is 16.6. The zero-order valence-corrected chi connectivity index (χ0v) is 11.6. The molecule has 1 aromatic heterocycles. The van der Waals surface area contributed by atoms with Gasteiger partial charge in [0.25, 0.3) is 0 Å². The molecule has 1 unspecified atom stereocenters. The van der Waals surface area contributed by atoms with Gasteiger partial charge in [-0.1, -0.05) is 19.9 Å². The van der Waals surface area contributed by atoms with E-state index in [1.165, 1.54) is 0 Å². The Hall–Kier alpha value is -2.04. The molecule has 5 heteroatoms. The van der Waals surface area contributed by atoms with E-state index in [4.69, 9.17) is 4.42 Å². The van der Waals surface area contributed by atoms with Crippen molar-refractivity contribution in [1.29, 1.82) is 0 Å². The van der Waals surface area contributed by atoms with Crippen molar-refractivity contribution < 1.29 is 9.21 Å². The fourth-order valence-electron chi connectivity index (χ4n) is 2.41. The lowest BCUT2D eigenvalue weighted by atomic mass is 9.95. The van der Waals surface area contributed by atoms with Gasteiger partial charge in [0.2, 0.25) is 5.91 Å². The Bertz CT molecular complexity index is 694. The van der Waals surface area contributed by atoms with Crippen LogP contribution < -0.4 is 11.1 Å². The van der Waals surface area contributed by atoms with Crippen LogP contribution in [0.2, 0.25) is 0 Å². The van der Waals surface area contributed by atoms with Crippen molar-refractivity contribution in [2.75, 3.05) is 0 Å². The van der Waals surface area contributed by atoms with Gasteiger partial charge in [-0.2, -0.15) is 0 Å². The molecule has 0 spiro atoms. The van der Waals surface area contributed by atoms with Crippen molar-refractivity contribution in [3.8, 4) is 0 Å². The maximum atomic E-state index is 12.0. The highest BCUT2D eigenvalue weighted by Gasteiger charge is 2.32. The monoisotopic (exact) mass is 274 g/mol. The highest BCUT2D eigenvalue weighted by molar-refractivity contribution is 5.81. The average Bonchev–Trinajstić information content (AvgIpc) is 3.16. The van der Waals surface area contributed by atoms with Crippen molar-refractivity contribution in [3.63, 3.8) is 0 Å². The van der Waals surface area contributed by atoms with Gasteiger partial charge in [0, 0.05) is 5.92 Å². The summed E-state index contributed by atoms with van der Waals surface area (Å²) in [5, 5.41) is 3.10. The van der Waals surface area contributed by atoms with Crippen molar-refractivity contribution >= 4 is 17.0 Å². The van der Waals surface area contributed by atoms with Crippen LogP contribution >= 0.6 is 0 Å². The number of rotatable bonds is 4. The zero-order valence-electron chi connectivity index (χ0n) is 11.6. The van der Waals surface area contributed by atoms with E-state index < -0.39 is 5.76 Å². The smallest absolute Gasteiger partial charge is 0.408 e. The van der Waals surface area contributed by atoms with E-state index in [1.54, 1.807) is 0 Å². The summed E-state index contributed by atoms with van der Waals surface area (Å²) < 4.78 is 5.08. The number of carbonyl (C=O) groups is 1. The predicted octanol–water partition coefficient (Wildman–Crippen LogP) is 2.34. The lowest BCUT2D eigenvalue weighted by Crippen LogP contribution is -2.32. The third-order valence-corrected chi connectivity index (χ3v) is 3.72. The highest BCUT2D eigenvalue weighted by Crippen LogP contribution is 2.31. The van der Waals surface area contributed by atoms with E-state index in [9.17, 15) is 9.59 Å². The first-order valence-electron chi connectivity index (χ1n) is 6.98. The molecule has 0 saturated heterocycles. The Balaban J connectivity index is 1.91. The summed E-state index contributed by atoms with van der Waals surface area (Å²) in [6, 6.07) is 5.50. The van der Waals surface area contributed by atoms with E-state index in [0.29, 0.717) is 11.1 Å². The van der Waals surface area contributed by atoms with Crippen molar-refractivity contribution in [2.45, 2.75) is 32.7 Å². The van der Waals surface area contributed by atoms with E-state index in [0.717, 1.165) is 18.4 Å². The second-order valence-electron chi connectivity index (χ2n) is 5.77. The van der Waals surface area contributed by atoms with Gasteiger partial charge < -0.3 is 9.73 Å². The van der Waals surface area contributed by atoms with Gasteiger partial charge in [-0.15, -0.1) is 0 Å². The molecule has 20 heavy (non-hydrogen) atoms. The van der Waals surface area contributed by atoms with Crippen LogP contribution in [0.5, 0.6) is 0 Å². The molecule has 1 saturated carbocycles. The Morgan fingerprint density at radius 3 is 2.80 bits per heavy atom. The molecule has 2 aromatic rings. The molecule has 2 N–H and O–H groups in total. The minimum atomic E-state index is -0.458. The maximum absolute atomic E-state index is 12.0. The van der Waals surface area contributed by atoms with Gasteiger partial charge in [0.15, 0.2) is 5.58 Å². The lowest BCUT2D eigenvalue weighted by molar-refractivity contribution is -0.123. The number of aromatic amines is 1. The third kappa shape index (κ3) is 2.48. The SMILES string of the molecule is CC(C)C(NC(=O)C1CC1)c1ccc2[nH]c(=O)oc2c1. The van der Waals surface area contributed by atoms with Crippen LogP contribution in [0.15, 0.2) is 27.4 Å². The van der Waals surface area contributed by atoms with Crippen LogP contribution in [0, 0.1) is 11.8 Å². The Kier molecular flexibility index (Phi) is 3.12. The molecule has 1 heterocycles. The lowest BCUT2D eigenvalue weighted by Gasteiger charge is -2.22. The first-order chi connectivity index (χ1) is 9.54. The number of oxazole rings is 1. The number of aromatic nitrogens is 1. The molecule has 1 fully saturated rings.